The summed E-state index contributed by atoms with van der Waals surface area (Å²) in [5.41, 5.74) is 0. The van der Waals surface area contributed by atoms with Gasteiger partial charge in [0.2, 0.25) is 10.0 Å². The molecule has 15 heavy (non-hydrogen) atoms. The third-order valence-electron chi connectivity index (χ3n) is 2.15. The summed E-state index contributed by atoms with van der Waals surface area (Å²) in [6.45, 7) is 1.10. The van der Waals surface area contributed by atoms with Crippen molar-refractivity contribution < 1.29 is 23.1 Å². The molecule has 1 saturated heterocycles. The molecule has 0 atom stereocenters. The summed E-state index contributed by atoms with van der Waals surface area (Å²) in [5, 5.41) is 8.37. The summed E-state index contributed by atoms with van der Waals surface area (Å²) in [5.74, 6) is -1.47. The topological polar surface area (TPSA) is 92.7 Å². The Labute approximate surface area is 88.7 Å². The van der Waals surface area contributed by atoms with E-state index in [1.54, 1.807) is 0 Å². The maximum absolute atomic E-state index is 11.4. The van der Waals surface area contributed by atoms with Crippen LogP contribution in [0.1, 0.15) is 19.3 Å². The lowest BCUT2D eigenvalue weighted by molar-refractivity contribution is -0.136. The molecule has 0 aromatic rings. The molecular formula is C8H15NO5S. The minimum atomic E-state index is -3.46. The maximum Gasteiger partial charge on any atom is 0.304 e. The molecule has 6 nitrogen and oxygen atoms in total. The van der Waals surface area contributed by atoms with Crippen LogP contribution in [0.15, 0.2) is 0 Å². The Kier molecular flexibility index (Phi) is 4.49. The quantitative estimate of drug-likeness (QED) is 0.676. The van der Waals surface area contributed by atoms with Crippen molar-refractivity contribution >= 4 is 16.0 Å². The monoisotopic (exact) mass is 237 g/mol. The zero-order valence-electron chi connectivity index (χ0n) is 8.31. The second-order valence-corrected chi connectivity index (χ2v) is 5.34. The van der Waals surface area contributed by atoms with Crippen molar-refractivity contribution in [2.24, 2.45) is 0 Å². The van der Waals surface area contributed by atoms with Crippen LogP contribution >= 0.6 is 0 Å². The molecule has 1 rings (SSSR count). The van der Waals surface area contributed by atoms with Crippen molar-refractivity contribution in [3.63, 3.8) is 0 Å². The van der Waals surface area contributed by atoms with Crippen LogP contribution in [0, 0.1) is 0 Å². The molecule has 0 unspecified atom stereocenters. The minimum absolute atomic E-state index is 0.113. The number of hydrogen-bond donors (Lipinski definition) is 2. The average Bonchev–Trinajstić information content (AvgIpc) is 2.16. The van der Waals surface area contributed by atoms with E-state index < -0.39 is 16.0 Å². The van der Waals surface area contributed by atoms with Gasteiger partial charge in [0.25, 0.3) is 0 Å². The van der Waals surface area contributed by atoms with Gasteiger partial charge >= 0.3 is 5.97 Å². The highest BCUT2D eigenvalue weighted by molar-refractivity contribution is 7.89. The van der Waals surface area contributed by atoms with Crippen LogP contribution in [-0.4, -0.2) is 44.5 Å². The van der Waals surface area contributed by atoms with Crippen LogP contribution in [0.2, 0.25) is 0 Å². The third-order valence-corrected chi connectivity index (χ3v) is 3.59. The smallest absolute Gasteiger partial charge is 0.304 e. The molecule has 0 saturated carbocycles. The van der Waals surface area contributed by atoms with Crippen molar-refractivity contribution in [3.05, 3.63) is 0 Å². The van der Waals surface area contributed by atoms with E-state index in [1.165, 1.54) is 0 Å². The van der Waals surface area contributed by atoms with E-state index in [1.807, 2.05) is 0 Å². The summed E-state index contributed by atoms with van der Waals surface area (Å²) >= 11 is 0. The molecule has 1 aliphatic rings. The average molecular weight is 237 g/mol. The minimum Gasteiger partial charge on any atom is -0.481 e. The number of nitrogens with one attached hydrogen (secondary N) is 1. The van der Waals surface area contributed by atoms with Gasteiger partial charge in [0.1, 0.15) is 0 Å². The number of carboxylic acids is 1. The molecule has 1 heterocycles. The number of carbonyl (C=O) groups is 1. The SMILES string of the molecule is O=C(O)CCS(=O)(=O)NC1CCOCC1. The molecule has 2 N–H and O–H groups in total. The van der Waals surface area contributed by atoms with E-state index in [4.69, 9.17) is 9.84 Å². The van der Waals surface area contributed by atoms with Gasteiger partial charge in [-0.3, -0.25) is 4.79 Å². The van der Waals surface area contributed by atoms with Gasteiger partial charge < -0.3 is 9.84 Å². The van der Waals surface area contributed by atoms with E-state index in [0.717, 1.165) is 0 Å². The lowest BCUT2D eigenvalue weighted by Gasteiger charge is -2.22. The normalized spacial score (nSPS) is 18.9. The fourth-order valence-electron chi connectivity index (χ4n) is 1.35. The van der Waals surface area contributed by atoms with E-state index in [-0.39, 0.29) is 18.2 Å². The van der Waals surface area contributed by atoms with E-state index >= 15 is 0 Å². The van der Waals surface area contributed by atoms with Crippen molar-refractivity contribution in [1.29, 1.82) is 0 Å². The van der Waals surface area contributed by atoms with Gasteiger partial charge in [0.05, 0.1) is 12.2 Å². The number of ether oxygens (including phenoxy) is 1. The highest BCUT2D eigenvalue weighted by atomic mass is 32.2. The lowest BCUT2D eigenvalue weighted by Crippen LogP contribution is -2.40. The number of aliphatic carboxylic acids is 1. The van der Waals surface area contributed by atoms with Crippen LogP contribution in [0.5, 0.6) is 0 Å². The fraction of sp³-hybridized carbons (Fsp3) is 0.875. The summed E-state index contributed by atoms with van der Waals surface area (Å²) < 4.78 is 30.3. The van der Waals surface area contributed by atoms with Crippen molar-refractivity contribution in [3.8, 4) is 0 Å². The van der Waals surface area contributed by atoms with Gasteiger partial charge in [-0.15, -0.1) is 0 Å². The second-order valence-electron chi connectivity index (χ2n) is 3.47. The number of rotatable bonds is 5. The standard InChI is InChI=1S/C8H15NO5S/c10-8(11)3-6-15(12,13)9-7-1-4-14-5-2-7/h7,9H,1-6H2,(H,10,11). The molecule has 0 radical (unpaired) electrons. The van der Waals surface area contributed by atoms with Crippen molar-refractivity contribution in [2.45, 2.75) is 25.3 Å². The van der Waals surface area contributed by atoms with E-state index in [2.05, 4.69) is 4.72 Å². The zero-order chi connectivity index (χ0) is 11.3. The molecule has 1 fully saturated rings. The molecule has 0 bridgehead atoms. The Hall–Kier alpha value is -0.660. The highest BCUT2D eigenvalue weighted by Gasteiger charge is 2.20. The predicted molar refractivity (Wildman–Crippen MR) is 53.0 cm³/mol. The number of sulfonamides is 1. The van der Waals surface area contributed by atoms with E-state index in [9.17, 15) is 13.2 Å². The predicted octanol–water partition coefficient (Wildman–Crippen LogP) is -0.440. The van der Waals surface area contributed by atoms with Gasteiger partial charge in [-0.05, 0) is 12.8 Å². The number of carboxylic acid groups (broad SMARTS) is 1. The third kappa shape index (κ3) is 5.10. The zero-order valence-corrected chi connectivity index (χ0v) is 9.12. The molecule has 0 amide bonds. The molecule has 0 spiro atoms. The van der Waals surface area contributed by atoms with Gasteiger partial charge in [0.15, 0.2) is 0 Å². The molecule has 0 aromatic carbocycles. The summed E-state index contributed by atoms with van der Waals surface area (Å²) in [4.78, 5) is 10.2. The van der Waals surface area contributed by atoms with Gasteiger partial charge in [0, 0.05) is 19.3 Å². The Morgan fingerprint density at radius 3 is 2.53 bits per heavy atom. The molecule has 7 heteroatoms. The summed E-state index contributed by atoms with van der Waals surface area (Å²) in [6.07, 6.45) is 0.928. The Bertz CT molecular complexity index is 307. The van der Waals surface area contributed by atoms with E-state index in [0.29, 0.717) is 26.1 Å². The fourth-order valence-corrected chi connectivity index (χ4v) is 2.65. The number of hydrogen-bond acceptors (Lipinski definition) is 4. The molecular weight excluding hydrogens is 222 g/mol. The molecule has 1 aliphatic heterocycles. The molecule has 0 aliphatic carbocycles. The van der Waals surface area contributed by atoms with Crippen LogP contribution in [-0.2, 0) is 19.6 Å². The second kappa shape index (κ2) is 5.43. The van der Waals surface area contributed by atoms with Crippen LogP contribution < -0.4 is 4.72 Å². The van der Waals surface area contributed by atoms with Gasteiger partial charge in [-0.1, -0.05) is 0 Å². The van der Waals surface area contributed by atoms with Crippen LogP contribution in [0.3, 0.4) is 0 Å². The van der Waals surface area contributed by atoms with Crippen molar-refractivity contribution in [2.75, 3.05) is 19.0 Å². The maximum atomic E-state index is 11.4. The molecule has 0 aromatic heterocycles. The first-order valence-corrected chi connectivity index (χ1v) is 6.44. The molecule has 88 valence electrons. The Morgan fingerprint density at radius 1 is 1.40 bits per heavy atom. The first kappa shape index (κ1) is 12.4. The van der Waals surface area contributed by atoms with Crippen molar-refractivity contribution in [1.82, 2.24) is 4.72 Å². The van der Waals surface area contributed by atoms with Gasteiger partial charge in [-0.2, -0.15) is 0 Å². The first-order valence-electron chi connectivity index (χ1n) is 4.79. The lowest BCUT2D eigenvalue weighted by atomic mass is 10.1. The van der Waals surface area contributed by atoms with Gasteiger partial charge in [-0.25, -0.2) is 13.1 Å². The summed E-state index contributed by atoms with van der Waals surface area (Å²) in [7, 11) is -3.46. The Balaban J connectivity index is 2.37. The van der Waals surface area contributed by atoms with Crippen LogP contribution in [0.4, 0.5) is 0 Å². The van der Waals surface area contributed by atoms with Crippen LogP contribution in [0.25, 0.3) is 0 Å². The Morgan fingerprint density at radius 2 is 2.00 bits per heavy atom. The largest absolute Gasteiger partial charge is 0.481 e. The highest BCUT2D eigenvalue weighted by Crippen LogP contribution is 2.07. The first-order chi connectivity index (χ1) is 6.99. The summed E-state index contributed by atoms with van der Waals surface area (Å²) in [6, 6.07) is -0.113.